The van der Waals surface area contributed by atoms with Gasteiger partial charge in [0.25, 0.3) is 0 Å². The first kappa shape index (κ1) is 27.1. The highest BCUT2D eigenvalue weighted by Gasteiger charge is 2.40. The van der Waals surface area contributed by atoms with Crippen LogP contribution in [0, 0.1) is 11.7 Å². The van der Waals surface area contributed by atoms with Crippen molar-refractivity contribution >= 4 is 34.9 Å². The van der Waals surface area contributed by atoms with Gasteiger partial charge in [-0.05, 0) is 72.4 Å². The number of aromatic nitrogens is 1. The monoisotopic (exact) mass is 551 g/mol. The van der Waals surface area contributed by atoms with Gasteiger partial charge in [-0.3, -0.25) is 9.78 Å². The third kappa shape index (κ3) is 6.21. The SMILES string of the molecule is NC(CCC1CC1)(c1cccnc1)c1ccc(F)c(NC(=O)[C@H]2C[C@@H](O)CN2C(=O)Nc2ccc(Cl)cc2)c1. The van der Waals surface area contributed by atoms with Crippen LogP contribution in [-0.2, 0) is 10.3 Å². The van der Waals surface area contributed by atoms with Gasteiger partial charge in [0, 0.05) is 36.1 Å². The highest BCUT2D eigenvalue weighted by molar-refractivity contribution is 6.30. The van der Waals surface area contributed by atoms with Crippen LogP contribution in [-0.4, -0.2) is 45.6 Å². The molecule has 204 valence electrons. The molecular formula is C29H31ClFN5O3. The molecule has 2 heterocycles. The van der Waals surface area contributed by atoms with Crippen LogP contribution in [0.2, 0.25) is 5.02 Å². The Kier molecular flexibility index (Phi) is 7.83. The number of aliphatic hydroxyl groups is 1. The summed E-state index contributed by atoms with van der Waals surface area (Å²) in [5, 5.41) is 16.1. The third-order valence-corrected chi connectivity index (χ3v) is 7.75. The number of carbonyl (C=O) groups is 2. The molecule has 2 aliphatic rings. The lowest BCUT2D eigenvalue weighted by Gasteiger charge is -2.31. The molecule has 1 aliphatic heterocycles. The highest BCUT2D eigenvalue weighted by atomic mass is 35.5. The Morgan fingerprint density at radius 3 is 2.59 bits per heavy atom. The molecule has 1 aromatic heterocycles. The van der Waals surface area contributed by atoms with Gasteiger partial charge in [0.15, 0.2) is 0 Å². The van der Waals surface area contributed by atoms with E-state index in [0.29, 0.717) is 28.6 Å². The normalized spacial score (nSPS) is 20.4. The second-order valence-corrected chi connectivity index (χ2v) is 10.8. The van der Waals surface area contributed by atoms with Crippen LogP contribution in [0.4, 0.5) is 20.6 Å². The Morgan fingerprint density at radius 2 is 1.90 bits per heavy atom. The first-order chi connectivity index (χ1) is 18.7. The number of carbonyl (C=O) groups excluding carboxylic acids is 2. The van der Waals surface area contributed by atoms with E-state index >= 15 is 0 Å². The molecule has 1 aliphatic carbocycles. The summed E-state index contributed by atoms with van der Waals surface area (Å²) in [6, 6.07) is 13.2. The number of rotatable bonds is 8. The number of hydrogen-bond acceptors (Lipinski definition) is 5. The van der Waals surface area contributed by atoms with Gasteiger partial charge in [-0.15, -0.1) is 0 Å². The fourth-order valence-corrected chi connectivity index (χ4v) is 5.18. The zero-order valence-electron chi connectivity index (χ0n) is 21.3. The van der Waals surface area contributed by atoms with E-state index in [-0.39, 0.29) is 18.7 Å². The Morgan fingerprint density at radius 1 is 1.13 bits per heavy atom. The average Bonchev–Trinajstić information content (AvgIpc) is 3.69. The van der Waals surface area contributed by atoms with E-state index in [1.165, 1.54) is 23.8 Å². The summed E-state index contributed by atoms with van der Waals surface area (Å²) in [5.74, 6) is -0.586. The summed E-state index contributed by atoms with van der Waals surface area (Å²) in [7, 11) is 0. The molecule has 1 saturated carbocycles. The van der Waals surface area contributed by atoms with E-state index in [1.54, 1.807) is 48.8 Å². The van der Waals surface area contributed by atoms with Gasteiger partial charge in [-0.25, -0.2) is 9.18 Å². The molecule has 5 N–H and O–H groups in total. The zero-order chi connectivity index (χ0) is 27.6. The van der Waals surface area contributed by atoms with Crippen LogP contribution in [0.25, 0.3) is 0 Å². The third-order valence-electron chi connectivity index (χ3n) is 7.50. The summed E-state index contributed by atoms with van der Waals surface area (Å²) in [4.78, 5) is 31.7. The van der Waals surface area contributed by atoms with E-state index in [2.05, 4.69) is 15.6 Å². The molecule has 0 spiro atoms. The van der Waals surface area contributed by atoms with E-state index in [0.717, 1.165) is 12.0 Å². The summed E-state index contributed by atoms with van der Waals surface area (Å²) < 4.78 is 15.0. The number of nitrogens with two attached hydrogens (primary N) is 1. The van der Waals surface area contributed by atoms with Crippen LogP contribution in [0.1, 0.15) is 43.2 Å². The summed E-state index contributed by atoms with van der Waals surface area (Å²) in [6.45, 7) is -0.0336. The van der Waals surface area contributed by atoms with Crippen molar-refractivity contribution in [3.05, 3.63) is 89.0 Å². The van der Waals surface area contributed by atoms with Crippen LogP contribution in [0.15, 0.2) is 67.0 Å². The first-order valence-corrected chi connectivity index (χ1v) is 13.4. The average molecular weight is 552 g/mol. The molecule has 3 amide bonds. The van der Waals surface area contributed by atoms with Crippen molar-refractivity contribution in [3.8, 4) is 0 Å². The van der Waals surface area contributed by atoms with Gasteiger partial charge < -0.3 is 26.4 Å². The lowest BCUT2D eigenvalue weighted by atomic mass is 9.80. The van der Waals surface area contributed by atoms with Gasteiger partial charge in [-0.1, -0.05) is 36.6 Å². The van der Waals surface area contributed by atoms with Crippen molar-refractivity contribution in [2.75, 3.05) is 17.2 Å². The van der Waals surface area contributed by atoms with Crippen molar-refractivity contribution in [1.82, 2.24) is 9.88 Å². The summed E-state index contributed by atoms with van der Waals surface area (Å²) >= 11 is 5.91. The molecule has 39 heavy (non-hydrogen) atoms. The topological polar surface area (TPSA) is 121 Å². The largest absolute Gasteiger partial charge is 0.391 e. The molecule has 1 saturated heterocycles. The number of likely N-dealkylation sites (tertiary alicyclic amines) is 1. The first-order valence-electron chi connectivity index (χ1n) is 13.0. The maximum Gasteiger partial charge on any atom is 0.322 e. The van der Waals surface area contributed by atoms with Crippen molar-refractivity contribution in [2.45, 2.75) is 49.8 Å². The van der Waals surface area contributed by atoms with Crippen molar-refractivity contribution in [2.24, 2.45) is 11.7 Å². The second kappa shape index (κ2) is 11.3. The number of benzene rings is 2. The quantitative estimate of drug-likeness (QED) is 0.318. The van der Waals surface area contributed by atoms with E-state index in [9.17, 15) is 19.1 Å². The fraction of sp³-hybridized carbons (Fsp3) is 0.345. The van der Waals surface area contributed by atoms with Gasteiger partial charge in [0.2, 0.25) is 5.91 Å². The van der Waals surface area contributed by atoms with Crippen LogP contribution in [0.3, 0.4) is 0 Å². The van der Waals surface area contributed by atoms with Crippen molar-refractivity contribution < 1.29 is 19.1 Å². The van der Waals surface area contributed by atoms with Gasteiger partial charge in [0.05, 0.1) is 17.3 Å². The molecule has 0 bridgehead atoms. The lowest BCUT2D eigenvalue weighted by Crippen LogP contribution is -2.45. The van der Waals surface area contributed by atoms with Crippen molar-refractivity contribution in [3.63, 3.8) is 0 Å². The standard InChI is InChI=1S/C29H31ClFN5O3/c30-21-6-8-22(9-7-21)34-28(39)36-17-23(37)15-26(36)27(38)35-25-14-19(5-10-24(25)31)29(32,12-11-18-3-4-18)20-2-1-13-33-16-20/h1-2,5-10,13-14,16,18,23,26,37H,3-4,11-12,15,17,32H2,(H,34,39)(H,35,38)/t23-,26-,29?/m1/s1. The number of amides is 3. The molecule has 8 nitrogen and oxygen atoms in total. The molecule has 5 rings (SSSR count). The Hall–Kier alpha value is -3.53. The second-order valence-electron chi connectivity index (χ2n) is 10.4. The van der Waals surface area contributed by atoms with Gasteiger partial charge >= 0.3 is 6.03 Å². The number of hydrogen-bond donors (Lipinski definition) is 4. The van der Waals surface area contributed by atoms with Crippen LogP contribution in [0.5, 0.6) is 0 Å². The molecule has 10 heteroatoms. The molecule has 0 radical (unpaired) electrons. The smallest absolute Gasteiger partial charge is 0.322 e. The van der Waals surface area contributed by atoms with E-state index in [4.69, 9.17) is 17.3 Å². The maximum absolute atomic E-state index is 15.0. The predicted molar refractivity (Wildman–Crippen MR) is 148 cm³/mol. The Balaban J connectivity index is 1.36. The Bertz CT molecular complexity index is 1340. The zero-order valence-corrected chi connectivity index (χ0v) is 22.1. The maximum atomic E-state index is 15.0. The molecule has 3 atom stereocenters. The lowest BCUT2D eigenvalue weighted by molar-refractivity contribution is -0.119. The highest BCUT2D eigenvalue weighted by Crippen LogP contribution is 2.40. The molecule has 1 unspecified atom stereocenters. The number of aliphatic hydroxyl groups excluding tert-OH is 1. The fourth-order valence-electron chi connectivity index (χ4n) is 5.05. The molecule has 2 fully saturated rings. The van der Waals surface area contributed by atoms with Crippen molar-refractivity contribution in [1.29, 1.82) is 0 Å². The minimum atomic E-state index is -0.994. The minimum absolute atomic E-state index is 0.0269. The molecule has 3 aromatic rings. The van der Waals surface area contributed by atoms with E-state index < -0.39 is 35.4 Å². The van der Waals surface area contributed by atoms with Gasteiger partial charge in [-0.2, -0.15) is 0 Å². The summed E-state index contributed by atoms with van der Waals surface area (Å²) in [6.07, 6.45) is 6.47. The molecular weight excluding hydrogens is 521 g/mol. The number of anilines is 2. The number of nitrogens with zero attached hydrogens (tertiary/aromatic N) is 2. The summed E-state index contributed by atoms with van der Waals surface area (Å²) in [5.41, 5.74) is 7.96. The van der Waals surface area contributed by atoms with Crippen LogP contribution < -0.4 is 16.4 Å². The number of nitrogens with one attached hydrogen (secondary N) is 2. The Labute approximate surface area is 231 Å². The number of β-amino-alcohol motifs (C(OH)–C–C–N with tert-alkyl or cyclic N) is 1. The number of halogens is 2. The van der Waals surface area contributed by atoms with Crippen LogP contribution >= 0.6 is 11.6 Å². The number of urea groups is 1. The molecule has 2 aromatic carbocycles. The number of pyridine rings is 1. The predicted octanol–water partition coefficient (Wildman–Crippen LogP) is 4.87. The van der Waals surface area contributed by atoms with E-state index in [1.807, 2.05) is 12.1 Å². The van der Waals surface area contributed by atoms with Gasteiger partial charge in [0.1, 0.15) is 11.9 Å². The minimum Gasteiger partial charge on any atom is -0.391 e.